The Kier molecular flexibility index (Phi) is 9.42. The zero-order valence-electron chi connectivity index (χ0n) is 10.5. The Morgan fingerprint density at radius 2 is 1.93 bits per heavy atom. The fourth-order valence-corrected chi connectivity index (χ4v) is 1.53. The summed E-state index contributed by atoms with van der Waals surface area (Å²) in [7, 11) is 2.23. The molecule has 0 spiro atoms. The van der Waals surface area contributed by atoms with Crippen LogP contribution in [-0.4, -0.2) is 38.1 Å². The molecule has 2 nitrogen and oxygen atoms in total. The Hall–Kier alpha value is -0.0800. The van der Waals surface area contributed by atoms with Gasteiger partial charge in [-0.05, 0) is 45.4 Å². The van der Waals surface area contributed by atoms with Crippen molar-refractivity contribution in [2.24, 2.45) is 5.92 Å². The van der Waals surface area contributed by atoms with Gasteiger partial charge in [-0.2, -0.15) is 0 Å². The fourth-order valence-electron chi connectivity index (χ4n) is 1.53. The van der Waals surface area contributed by atoms with Gasteiger partial charge in [0.2, 0.25) is 0 Å². The summed E-state index contributed by atoms with van der Waals surface area (Å²) in [6, 6.07) is 0. The standard InChI is InChI=1S/C12H28N2/c1-5-8-13-9-7-10-14(4)11-12(3)6-2/h12-13H,5-11H2,1-4H3. The molecular formula is C12H28N2. The van der Waals surface area contributed by atoms with Crippen LogP contribution in [0, 0.1) is 5.92 Å². The quantitative estimate of drug-likeness (QED) is 0.575. The number of hydrogen-bond donors (Lipinski definition) is 1. The molecule has 0 fully saturated rings. The summed E-state index contributed by atoms with van der Waals surface area (Å²) >= 11 is 0. The second-order valence-electron chi connectivity index (χ2n) is 4.38. The van der Waals surface area contributed by atoms with E-state index in [0.717, 1.165) is 12.5 Å². The molecule has 0 aromatic rings. The Balaban J connectivity index is 3.22. The minimum absolute atomic E-state index is 0.837. The largest absolute Gasteiger partial charge is 0.317 e. The van der Waals surface area contributed by atoms with Crippen LogP contribution in [0.2, 0.25) is 0 Å². The first-order chi connectivity index (χ1) is 6.70. The lowest BCUT2D eigenvalue weighted by atomic mass is 10.1. The molecule has 14 heavy (non-hydrogen) atoms. The molecule has 0 radical (unpaired) electrons. The molecule has 0 aromatic carbocycles. The van der Waals surface area contributed by atoms with Crippen LogP contribution in [0.15, 0.2) is 0 Å². The van der Waals surface area contributed by atoms with E-state index in [-0.39, 0.29) is 0 Å². The van der Waals surface area contributed by atoms with Crippen LogP contribution >= 0.6 is 0 Å². The molecule has 2 heteroatoms. The molecule has 0 aliphatic rings. The average Bonchev–Trinajstić information content (AvgIpc) is 2.17. The first-order valence-corrected chi connectivity index (χ1v) is 6.09. The molecule has 0 rings (SSSR count). The highest BCUT2D eigenvalue weighted by molar-refractivity contribution is 4.58. The van der Waals surface area contributed by atoms with E-state index in [1.807, 2.05) is 0 Å². The molecule has 0 saturated heterocycles. The predicted molar refractivity (Wildman–Crippen MR) is 64.7 cm³/mol. The van der Waals surface area contributed by atoms with Gasteiger partial charge in [-0.3, -0.25) is 0 Å². The summed E-state index contributed by atoms with van der Waals surface area (Å²) < 4.78 is 0. The van der Waals surface area contributed by atoms with Gasteiger partial charge in [0, 0.05) is 6.54 Å². The summed E-state index contributed by atoms with van der Waals surface area (Å²) in [5.74, 6) is 0.837. The molecule has 1 atom stereocenters. The first kappa shape index (κ1) is 13.9. The van der Waals surface area contributed by atoms with Crippen molar-refractivity contribution in [3.8, 4) is 0 Å². The van der Waals surface area contributed by atoms with Gasteiger partial charge in [0.15, 0.2) is 0 Å². The third kappa shape index (κ3) is 8.52. The first-order valence-electron chi connectivity index (χ1n) is 6.09. The molecule has 86 valence electrons. The van der Waals surface area contributed by atoms with Crippen LogP contribution < -0.4 is 5.32 Å². The lowest BCUT2D eigenvalue weighted by Gasteiger charge is -2.20. The van der Waals surface area contributed by atoms with Crippen molar-refractivity contribution in [1.82, 2.24) is 10.2 Å². The zero-order valence-corrected chi connectivity index (χ0v) is 10.5. The molecule has 0 heterocycles. The van der Waals surface area contributed by atoms with Crippen LogP contribution in [0.25, 0.3) is 0 Å². The molecule has 0 aromatic heterocycles. The highest BCUT2D eigenvalue weighted by atomic mass is 15.1. The van der Waals surface area contributed by atoms with Crippen molar-refractivity contribution < 1.29 is 0 Å². The second-order valence-corrected chi connectivity index (χ2v) is 4.38. The van der Waals surface area contributed by atoms with Crippen molar-refractivity contribution >= 4 is 0 Å². The van der Waals surface area contributed by atoms with Crippen LogP contribution in [0.3, 0.4) is 0 Å². The van der Waals surface area contributed by atoms with Gasteiger partial charge < -0.3 is 10.2 Å². The number of nitrogens with zero attached hydrogens (tertiary/aromatic N) is 1. The van der Waals surface area contributed by atoms with Gasteiger partial charge in [0.25, 0.3) is 0 Å². The summed E-state index contributed by atoms with van der Waals surface area (Å²) in [4.78, 5) is 2.45. The molecule has 0 amide bonds. The van der Waals surface area contributed by atoms with Gasteiger partial charge in [-0.25, -0.2) is 0 Å². The van der Waals surface area contributed by atoms with E-state index in [0.29, 0.717) is 0 Å². The Labute approximate surface area is 90.1 Å². The maximum Gasteiger partial charge on any atom is 0.000388 e. The Bertz CT molecular complexity index is 115. The number of hydrogen-bond acceptors (Lipinski definition) is 2. The third-order valence-corrected chi connectivity index (χ3v) is 2.64. The molecule has 0 aliphatic carbocycles. The molecule has 1 N–H and O–H groups in total. The second kappa shape index (κ2) is 9.47. The van der Waals surface area contributed by atoms with Gasteiger partial charge >= 0.3 is 0 Å². The minimum Gasteiger partial charge on any atom is -0.317 e. The maximum atomic E-state index is 3.43. The van der Waals surface area contributed by atoms with Gasteiger partial charge in [-0.15, -0.1) is 0 Å². The van der Waals surface area contributed by atoms with Crippen LogP contribution in [0.1, 0.15) is 40.0 Å². The van der Waals surface area contributed by atoms with Crippen molar-refractivity contribution in [2.75, 3.05) is 33.2 Å². The van der Waals surface area contributed by atoms with E-state index in [1.54, 1.807) is 0 Å². The van der Waals surface area contributed by atoms with Crippen LogP contribution in [-0.2, 0) is 0 Å². The van der Waals surface area contributed by atoms with E-state index in [9.17, 15) is 0 Å². The molecular weight excluding hydrogens is 172 g/mol. The van der Waals surface area contributed by atoms with Crippen molar-refractivity contribution in [1.29, 1.82) is 0 Å². The molecule has 0 saturated carbocycles. The van der Waals surface area contributed by atoms with Gasteiger partial charge in [-0.1, -0.05) is 27.2 Å². The number of nitrogens with one attached hydrogen (secondary N) is 1. The highest BCUT2D eigenvalue weighted by Crippen LogP contribution is 2.02. The highest BCUT2D eigenvalue weighted by Gasteiger charge is 2.03. The monoisotopic (exact) mass is 200 g/mol. The van der Waals surface area contributed by atoms with Gasteiger partial charge in [0.1, 0.15) is 0 Å². The smallest absolute Gasteiger partial charge is 0.000388 e. The van der Waals surface area contributed by atoms with Crippen molar-refractivity contribution in [3.63, 3.8) is 0 Å². The third-order valence-electron chi connectivity index (χ3n) is 2.64. The van der Waals surface area contributed by atoms with Crippen molar-refractivity contribution in [2.45, 2.75) is 40.0 Å². The lowest BCUT2D eigenvalue weighted by molar-refractivity contribution is 0.278. The van der Waals surface area contributed by atoms with E-state index in [2.05, 4.69) is 38.0 Å². The van der Waals surface area contributed by atoms with Crippen molar-refractivity contribution in [3.05, 3.63) is 0 Å². The predicted octanol–water partition coefficient (Wildman–Crippen LogP) is 2.35. The normalized spacial score (nSPS) is 13.5. The summed E-state index contributed by atoms with van der Waals surface area (Å²) in [6.45, 7) is 11.6. The van der Waals surface area contributed by atoms with Crippen LogP contribution in [0.5, 0.6) is 0 Å². The Morgan fingerprint density at radius 1 is 1.21 bits per heavy atom. The lowest BCUT2D eigenvalue weighted by Crippen LogP contribution is -2.28. The summed E-state index contributed by atoms with van der Waals surface area (Å²) in [5.41, 5.74) is 0. The van der Waals surface area contributed by atoms with E-state index in [4.69, 9.17) is 0 Å². The SMILES string of the molecule is CCCNCCCN(C)CC(C)CC. The summed E-state index contributed by atoms with van der Waals surface area (Å²) in [6.07, 6.45) is 3.80. The summed E-state index contributed by atoms with van der Waals surface area (Å²) in [5, 5.41) is 3.43. The molecule has 0 bridgehead atoms. The molecule has 0 aliphatic heterocycles. The van der Waals surface area contributed by atoms with Crippen LogP contribution in [0.4, 0.5) is 0 Å². The topological polar surface area (TPSA) is 15.3 Å². The molecule has 1 unspecified atom stereocenters. The fraction of sp³-hybridized carbons (Fsp3) is 1.00. The number of rotatable bonds is 9. The Morgan fingerprint density at radius 3 is 2.50 bits per heavy atom. The minimum atomic E-state index is 0.837. The average molecular weight is 200 g/mol. The van der Waals surface area contributed by atoms with E-state index >= 15 is 0 Å². The van der Waals surface area contributed by atoms with Gasteiger partial charge in [0.05, 0.1) is 0 Å². The van der Waals surface area contributed by atoms with E-state index in [1.165, 1.54) is 38.9 Å². The van der Waals surface area contributed by atoms with E-state index < -0.39 is 0 Å². The zero-order chi connectivity index (χ0) is 10.8. The maximum absolute atomic E-state index is 3.43.